The standard InChI is InChI=1S/C42H22N4S6/c1-4-8-31-25(5-1)27-9-12-43-41(42(27)46(31)40-16-24(22-50-40)36-19-38-34(52-36)11-14-48-38)29-17-28-26-6-2-3-7-30(26)45(32(28)20-44-29)39-15-23(21-49-39)35-18-37-33(51-35)10-13-47-37/h1-22H. The molecule has 0 aliphatic heterocycles. The lowest BCUT2D eigenvalue weighted by Gasteiger charge is -2.09. The van der Waals surface area contributed by atoms with Crippen LogP contribution >= 0.6 is 68.0 Å². The maximum Gasteiger partial charge on any atom is 0.113 e. The minimum Gasteiger partial charge on any atom is -0.299 e. The van der Waals surface area contributed by atoms with E-state index in [0.717, 1.165) is 22.4 Å². The van der Waals surface area contributed by atoms with Gasteiger partial charge in [0.2, 0.25) is 0 Å². The molecule has 4 nitrogen and oxygen atoms in total. The van der Waals surface area contributed by atoms with Crippen molar-refractivity contribution >= 4 is 130 Å². The van der Waals surface area contributed by atoms with Gasteiger partial charge < -0.3 is 0 Å². The van der Waals surface area contributed by atoms with Crippen LogP contribution in [0.4, 0.5) is 0 Å². The molecule has 0 atom stereocenters. The number of fused-ring (bicyclic) bond motifs is 8. The van der Waals surface area contributed by atoms with E-state index >= 15 is 0 Å². The number of hydrogen-bond donors (Lipinski definition) is 0. The van der Waals surface area contributed by atoms with E-state index in [4.69, 9.17) is 9.97 Å². The van der Waals surface area contributed by atoms with Gasteiger partial charge >= 0.3 is 0 Å². The van der Waals surface area contributed by atoms with Gasteiger partial charge in [-0.05, 0) is 71.4 Å². The Bertz CT molecular complexity index is 3280. The zero-order valence-electron chi connectivity index (χ0n) is 26.9. The largest absolute Gasteiger partial charge is 0.299 e. The van der Waals surface area contributed by atoms with Crippen molar-refractivity contribution in [1.82, 2.24) is 19.1 Å². The van der Waals surface area contributed by atoms with Gasteiger partial charge in [-0.1, -0.05) is 36.4 Å². The summed E-state index contributed by atoms with van der Waals surface area (Å²) in [6.07, 6.45) is 3.98. The number of thiophene rings is 6. The zero-order valence-corrected chi connectivity index (χ0v) is 31.8. The third kappa shape index (κ3) is 4.33. The number of hydrogen-bond acceptors (Lipinski definition) is 8. The number of nitrogens with zero attached hydrogens (tertiary/aromatic N) is 4. The van der Waals surface area contributed by atoms with Crippen LogP contribution in [0.5, 0.6) is 0 Å². The number of para-hydroxylation sites is 2. The highest BCUT2D eigenvalue weighted by molar-refractivity contribution is 7.29. The molecule has 0 amide bonds. The molecule has 10 heterocycles. The predicted molar refractivity (Wildman–Crippen MR) is 229 cm³/mol. The Labute approximate surface area is 320 Å². The van der Waals surface area contributed by atoms with Crippen molar-refractivity contribution in [3.8, 4) is 42.3 Å². The van der Waals surface area contributed by atoms with Crippen LogP contribution in [-0.2, 0) is 0 Å². The van der Waals surface area contributed by atoms with Crippen molar-refractivity contribution in [1.29, 1.82) is 0 Å². The second-order valence-electron chi connectivity index (χ2n) is 12.7. The highest BCUT2D eigenvalue weighted by atomic mass is 32.1. The van der Waals surface area contributed by atoms with E-state index in [1.807, 2.05) is 46.4 Å². The summed E-state index contributed by atoms with van der Waals surface area (Å²) in [4.78, 5) is 12.9. The van der Waals surface area contributed by atoms with Crippen molar-refractivity contribution in [2.24, 2.45) is 0 Å². The van der Waals surface area contributed by atoms with Crippen LogP contribution in [0.15, 0.2) is 131 Å². The molecular weight excluding hydrogens is 753 g/mol. The molecule has 52 heavy (non-hydrogen) atoms. The van der Waals surface area contributed by atoms with Gasteiger partial charge in [-0.25, -0.2) is 0 Å². The number of rotatable bonds is 5. The topological polar surface area (TPSA) is 35.6 Å². The Morgan fingerprint density at radius 1 is 0.481 bits per heavy atom. The van der Waals surface area contributed by atoms with Crippen molar-refractivity contribution in [2.75, 3.05) is 0 Å². The summed E-state index contributed by atoms with van der Waals surface area (Å²) in [6.45, 7) is 0. The van der Waals surface area contributed by atoms with Gasteiger partial charge in [0.1, 0.15) is 15.7 Å². The second-order valence-corrected chi connectivity index (χ2v) is 18.6. The first-order valence-electron chi connectivity index (χ1n) is 16.7. The molecule has 10 aromatic heterocycles. The lowest BCUT2D eigenvalue weighted by atomic mass is 10.1. The zero-order chi connectivity index (χ0) is 33.9. The molecule has 0 aliphatic carbocycles. The van der Waals surface area contributed by atoms with Crippen LogP contribution in [0.25, 0.3) is 105 Å². The van der Waals surface area contributed by atoms with Gasteiger partial charge in [-0.3, -0.25) is 19.1 Å². The van der Waals surface area contributed by atoms with E-state index in [2.05, 4.69) is 128 Å². The van der Waals surface area contributed by atoms with E-state index in [-0.39, 0.29) is 0 Å². The third-order valence-electron chi connectivity index (χ3n) is 9.84. The van der Waals surface area contributed by atoms with Gasteiger partial charge in [0.05, 0.1) is 34.0 Å². The number of aromatic nitrogens is 4. The van der Waals surface area contributed by atoms with Crippen LogP contribution in [0.1, 0.15) is 0 Å². The maximum atomic E-state index is 5.19. The number of pyridine rings is 2. The molecule has 2 aromatic carbocycles. The first kappa shape index (κ1) is 29.6. The molecular formula is C42H22N4S6. The summed E-state index contributed by atoms with van der Waals surface area (Å²) in [5.74, 6) is 0. The first-order valence-corrected chi connectivity index (χ1v) is 21.8. The van der Waals surface area contributed by atoms with E-state index in [9.17, 15) is 0 Å². The van der Waals surface area contributed by atoms with Gasteiger partial charge in [0.25, 0.3) is 0 Å². The summed E-state index contributed by atoms with van der Waals surface area (Å²) in [7, 11) is 0. The summed E-state index contributed by atoms with van der Waals surface area (Å²) >= 11 is 10.9. The van der Waals surface area contributed by atoms with Crippen LogP contribution in [0, 0.1) is 0 Å². The fraction of sp³-hybridized carbons (Fsp3) is 0. The average Bonchev–Trinajstić information content (AvgIpc) is 4.00. The third-order valence-corrected chi connectivity index (χ3v) is 16.0. The smallest absolute Gasteiger partial charge is 0.113 e. The molecule has 0 unspecified atom stereocenters. The van der Waals surface area contributed by atoms with E-state index < -0.39 is 0 Å². The quantitative estimate of drug-likeness (QED) is 0.175. The van der Waals surface area contributed by atoms with Gasteiger partial charge in [-0.2, -0.15) is 0 Å². The molecule has 12 aromatic rings. The lowest BCUT2D eigenvalue weighted by molar-refractivity contribution is 1.18. The van der Waals surface area contributed by atoms with Gasteiger partial charge in [0.15, 0.2) is 0 Å². The Hall–Kier alpha value is -4.94. The Morgan fingerprint density at radius 3 is 1.77 bits per heavy atom. The van der Waals surface area contributed by atoms with Gasteiger partial charge in [0, 0.05) is 78.2 Å². The highest BCUT2D eigenvalue weighted by Crippen LogP contribution is 2.44. The minimum atomic E-state index is 0.867. The van der Waals surface area contributed by atoms with Crippen LogP contribution in [0.2, 0.25) is 0 Å². The summed E-state index contributed by atoms with van der Waals surface area (Å²) in [5.41, 5.74) is 8.80. The molecule has 10 heteroatoms. The molecule has 0 radical (unpaired) electrons. The molecule has 12 rings (SSSR count). The normalized spacial score (nSPS) is 12.2. The molecule has 0 saturated heterocycles. The van der Waals surface area contributed by atoms with Crippen LogP contribution < -0.4 is 0 Å². The van der Waals surface area contributed by atoms with E-state index in [0.29, 0.717) is 0 Å². The summed E-state index contributed by atoms with van der Waals surface area (Å²) < 4.78 is 10.2. The monoisotopic (exact) mass is 774 g/mol. The van der Waals surface area contributed by atoms with Gasteiger partial charge in [-0.15, -0.1) is 68.0 Å². The van der Waals surface area contributed by atoms with Crippen molar-refractivity contribution in [3.63, 3.8) is 0 Å². The molecule has 0 aliphatic rings. The van der Waals surface area contributed by atoms with Crippen molar-refractivity contribution < 1.29 is 0 Å². The Kier molecular flexibility index (Phi) is 6.42. The summed E-state index contributed by atoms with van der Waals surface area (Å²) in [6, 6.07) is 35.6. The molecule has 0 saturated carbocycles. The maximum absolute atomic E-state index is 5.19. The fourth-order valence-corrected chi connectivity index (χ4v) is 13.7. The fourth-order valence-electron chi connectivity index (χ4n) is 7.52. The predicted octanol–water partition coefficient (Wildman–Crippen LogP) is 14.3. The average molecular weight is 775 g/mol. The Balaban J connectivity index is 1.04. The minimum absolute atomic E-state index is 0.867. The lowest BCUT2D eigenvalue weighted by Crippen LogP contribution is -1.96. The highest BCUT2D eigenvalue weighted by Gasteiger charge is 2.22. The molecule has 0 bridgehead atoms. The molecule has 246 valence electrons. The second kappa shape index (κ2) is 11.3. The first-order chi connectivity index (χ1) is 25.7. The number of benzene rings is 2. The van der Waals surface area contributed by atoms with Crippen molar-refractivity contribution in [2.45, 2.75) is 0 Å². The molecule has 0 fully saturated rings. The molecule has 0 N–H and O–H groups in total. The van der Waals surface area contributed by atoms with Crippen molar-refractivity contribution in [3.05, 3.63) is 131 Å². The van der Waals surface area contributed by atoms with E-state index in [1.54, 1.807) is 34.0 Å². The molecule has 0 spiro atoms. The van der Waals surface area contributed by atoms with E-state index in [1.165, 1.54) is 82.3 Å². The van der Waals surface area contributed by atoms with Crippen LogP contribution in [0.3, 0.4) is 0 Å². The van der Waals surface area contributed by atoms with Crippen LogP contribution in [-0.4, -0.2) is 19.1 Å². The summed E-state index contributed by atoms with van der Waals surface area (Å²) in [5, 5.41) is 16.0. The Morgan fingerprint density at radius 2 is 1.10 bits per heavy atom. The SMILES string of the molecule is c1ccc2c(c1)c1cc(-c3nccc4c5ccccc5n(-c5cc(-c6cc7sccc7s6)cs5)c34)ncc1n2-c1cc(-c2cc3sccc3s2)cs1.